The van der Waals surface area contributed by atoms with Gasteiger partial charge < -0.3 is 9.47 Å². The summed E-state index contributed by atoms with van der Waals surface area (Å²) in [5.41, 5.74) is 0.656. The van der Waals surface area contributed by atoms with Crippen LogP contribution >= 0.6 is 0 Å². The fraction of sp³-hybridized carbons (Fsp3) is 0.588. The number of rotatable bonds is 9. The lowest BCUT2D eigenvalue weighted by Gasteiger charge is -2.15. The molecule has 0 aliphatic rings. The zero-order valence-electron chi connectivity index (χ0n) is 13.1. The maximum atomic E-state index is 12.4. The lowest BCUT2D eigenvalue weighted by Crippen LogP contribution is -2.09. The zero-order chi connectivity index (χ0) is 15.0. The molecule has 0 spiro atoms. The van der Waals surface area contributed by atoms with E-state index in [0.29, 0.717) is 29.4 Å². The topological polar surface area (TPSA) is 35.5 Å². The third-order valence-electron chi connectivity index (χ3n) is 3.73. The van der Waals surface area contributed by atoms with E-state index in [0.717, 1.165) is 12.8 Å². The number of carbonyl (C=O) groups excluding carboxylic acids is 1. The van der Waals surface area contributed by atoms with Gasteiger partial charge >= 0.3 is 0 Å². The molecule has 0 aromatic heterocycles. The second kappa shape index (κ2) is 8.62. The molecule has 3 nitrogen and oxygen atoms in total. The van der Waals surface area contributed by atoms with Crippen molar-refractivity contribution in [2.45, 2.75) is 46.0 Å². The summed E-state index contributed by atoms with van der Waals surface area (Å²) in [7, 11) is 3.19. The van der Waals surface area contributed by atoms with Gasteiger partial charge in [0.25, 0.3) is 0 Å². The highest BCUT2D eigenvalue weighted by Gasteiger charge is 2.17. The zero-order valence-corrected chi connectivity index (χ0v) is 13.1. The standard InChI is InChI=1S/C17H26O3/c1-5-7-8-13(6-2)11-16(18)15-10-9-14(19-3)12-17(15)20-4/h9-10,12-13H,5-8,11H2,1-4H3. The fourth-order valence-corrected chi connectivity index (χ4v) is 2.34. The first kappa shape index (κ1) is 16.5. The van der Waals surface area contributed by atoms with Crippen LogP contribution in [0.5, 0.6) is 11.5 Å². The molecule has 0 radical (unpaired) electrons. The number of ether oxygens (including phenoxy) is 2. The molecule has 3 heteroatoms. The molecule has 1 aromatic rings. The van der Waals surface area contributed by atoms with Crippen molar-refractivity contribution in [1.29, 1.82) is 0 Å². The fourth-order valence-electron chi connectivity index (χ4n) is 2.34. The highest BCUT2D eigenvalue weighted by Crippen LogP contribution is 2.28. The molecule has 0 fully saturated rings. The van der Waals surface area contributed by atoms with Crippen molar-refractivity contribution in [3.8, 4) is 11.5 Å². The molecule has 112 valence electrons. The molecule has 0 aliphatic heterocycles. The van der Waals surface area contributed by atoms with Crippen LogP contribution in [0.4, 0.5) is 0 Å². The Kier molecular flexibility index (Phi) is 7.13. The number of carbonyl (C=O) groups is 1. The van der Waals surface area contributed by atoms with Gasteiger partial charge in [-0.15, -0.1) is 0 Å². The van der Waals surface area contributed by atoms with Gasteiger partial charge in [0.2, 0.25) is 0 Å². The molecule has 0 bridgehead atoms. The quantitative estimate of drug-likeness (QED) is 0.624. The van der Waals surface area contributed by atoms with Crippen LogP contribution in [0.15, 0.2) is 18.2 Å². The summed E-state index contributed by atoms with van der Waals surface area (Å²) in [5.74, 6) is 1.93. The van der Waals surface area contributed by atoms with Crippen LogP contribution in [-0.4, -0.2) is 20.0 Å². The predicted octanol–water partition coefficient (Wildman–Crippen LogP) is 4.49. The highest BCUT2D eigenvalue weighted by molar-refractivity contribution is 5.99. The third kappa shape index (κ3) is 4.55. The second-order valence-electron chi connectivity index (χ2n) is 5.11. The van der Waals surface area contributed by atoms with Crippen LogP contribution in [0, 0.1) is 5.92 Å². The van der Waals surface area contributed by atoms with Crippen molar-refractivity contribution in [2.24, 2.45) is 5.92 Å². The molecule has 0 heterocycles. The van der Waals surface area contributed by atoms with Gasteiger partial charge in [-0.1, -0.05) is 39.5 Å². The van der Waals surface area contributed by atoms with E-state index >= 15 is 0 Å². The van der Waals surface area contributed by atoms with Crippen LogP contribution in [0.25, 0.3) is 0 Å². The molecular formula is C17H26O3. The minimum Gasteiger partial charge on any atom is -0.497 e. The van der Waals surface area contributed by atoms with Crippen LogP contribution in [-0.2, 0) is 0 Å². The summed E-state index contributed by atoms with van der Waals surface area (Å²) in [6.45, 7) is 4.33. The van der Waals surface area contributed by atoms with Crippen molar-refractivity contribution in [1.82, 2.24) is 0 Å². The Balaban J connectivity index is 2.80. The molecule has 0 aliphatic carbocycles. The van der Waals surface area contributed by atoms with E-state index in [9.17, 15) is 4.79 Å². The molecule has 1 unspecified atom stereocenters. The summed E-state index contributed by atoms with van der Waals surface area (Å²) in [4.78, 5) is 12.4. The average Bonchev–Trinajstić information content (AvgIpc) is 2.50. The molecule has 0 saturated carbocycles. The molecule has 20 heavy (non-hydrogen) atoms. The second-order valence-corrected chi connectivity index (χ2v) is 5.11. The average molecular weight is 278 g/mol. The lowest BCUT2D eigenvalue weighted by atomic mass is 9.91. The molecule has 0 amide bonds. The van der Waals surface area contributed by atoms with E-state index in [-0.39, 0.29) is 5.78 Å². The first-order chi connectivity index (χ1) is 9.65. The Labute approximate surface area is 122 Å². The number of unbranched alkanes of at least 4 members (excludes halogenated alkanes) is 1. The van der Waals surface area contributed by atoms with Crippen LogP contribution in [0.2, 0.25) is 0 Å². The first-order valence-electron chi connectivity index (χ1n) is 7.41. The Hall–Kier alpha value is -1.51. The summed E-state index contributed by atoms with van der Waals surface area (Å²) < 4.78 is 10.5. The minimum atomic E-state index is 0.160. The van der Waals surface area contributed by atoms with Crippen molar-refractivity contribution < 1.29 is 14.3 Å². The highest BCUT2D eigenvalue weighted by atomic mass is 16.5. The van der Waals surface area contributed by atoms with Gasteiger partial charge in [0.1, 0.15) is 11.5 Å². The van der Waals surface area contributed by atoms with Gasteiger partial charge in [-0.2, -0.15) is 0 Å². The van der Waals surface area contributed by atoms with Crippen LogP contribution in [0.1, 0.15) is 56.3 Å². The third-order valence-corrected chi connectivity index (χ3v) is 3.73. The van der Waals surface area contributed by atoms with Gasteiger partial charge in [-0.3, -0.25) is 4.79 Å². The number of methoxy groups -OCH3 is 2. The number of benzene rings is 1. The number of Topliss-reactive ketones (excluding diaryl/α,β-unsaturated/α-hetero) is 1. The van der Waals surface area contributed by atoms with E-state index < -0.39 is 0 Å². The summed E-state index contributed by atoms with van der Waals surface area (Å²) in [5, 5.41) is 0. The number of ketones is 1. The van der Waals surface area contributed by atoms with Crippen molar-refractivity contribution >= 4 is 5.78 Å². The van der Waals surface area contributed by atoms with E-state index in [1.54, 1.807) is 26.4 Å². The van der Waals surface area contributed by atoms with Crippen molar-refractivity contribution in [3.05, 3.63) is 23.8 Å². The van der Waals surface area contributed by atoms with E-state index in [1.165, 1.54) is 12.8 Å². The largest absolute Gasteiger partial charge is 0.497 e. The van der Waals surface area contributed by atoms with Gasteiger partial charge in [0, 0.05) is 12.5 Å². The minimum absolute atomic E-state index is 0.160. The smallest absolute Gasteiger partial charge is 0.166 e. The lowest BCUT2D eigenvalue weighted by molar-refractivity contribution is 0.0954. The van der Waals surface area contributed by atoms with E-state index in [1.807, 2.05) is 6.07 Å². The van der Waals surface area contributed by atoms with Crippen LogP contribution in [0.3, 0.4) is 0 Å². The molecule has 1 atom stereocenters. The molecule has 0 saturated heterocycles. The normalized spacial score (nSPS) is 12.0. The van der Waals surface area contributed by atoms with Crippen LogP contribution < -0.4 is 9.47 Å². The monoisotopic (exact) mass is 278 g/mol. The van der Waals surface area contributed by atoms with Gasteiger partial charge in [0.15, 0.2) is 5.78 Å². The molecule has 1 rings (SSSR count). The Morgan fingerprint density at radius 3 is 2.50 bits per heavy atom. The van der Waals surface area contributed by atoms with Crippen molar-refractivity contribution in [2.75, 3.05) is 14.2 Å². The maximum absolute atomic E-state index is 12.4. The summed E-state index contributed by atoms with van der Waals surface area (Å²) >= 11 is 0. The summed E-state index contributed by atoms with van der Waals surface area (Å²) in [6.07, 6.45) is 5.13. The number of hydrogen-bond acceptors (Lipinski definition) is 3. The van der Waals surface area contributed by atoms with E-state index in [2.05, 4.69) is 13.8 Å². The summed E-state index contributed by atoms with van der Waals surface area (Å²) in [6, 6.07) is 5.37. The van der Waals surface area contributed by atoms with Gasteiger partial charge in [-0.25, -0.2) is 0 Å². The Bertz CT molecular complexity index is 426. The van der Waals surface area contributed by atoms with E-state index in [4.69, 9.17) is 9.47 Å². The Morgan fingerprint density at radius 2 is 1.95 bits per heavy atom. The molecule has 0 N–H and O–H groups in total. The number of hydrogen-bond donors (Lipinski definition) is 0. The van der Waals surface area contributed by atoms with Gasteiger partial charge in [-0.05, 0) is 18.1 Å². The van der Waals surface area contributed by atoms with Gasteiger partial charge in [0.05, 0.1) is 19.8 Å². The molecule has 1 aromatic carbocycles. The predicted molar refractivity (Wildman–Crippen MR) is 81.8 cm³/mol. The SMILES string of the molecule is CCCCC(CC)CC(=O)c1ccc(OC)cc1OC. The van der Waals surface area contributed by atoms with Crippen molar-refractivity contribution in [3.63, 3.8) is 0 Å². The Morgan fingerprint density at radius 1 is 1.20 bits per heavy atom. The maximum Gasteiger partial charge on any atom is 0.166 e. The molecular weight excluding hydrogens is 252 g/mol. The first-order valence-corrected chi connectivity index (χ1v) is 7.41.